The molecule has 1 atom stereocenters. The molecule has 0 bridgehead atoms. The second-order valence-electron chi connectivity index (χ2n) is 6.47. The predicted molar refractivity (Wildman–Crippen MR) is 108 cm³/mol. The molecule has 4 rings (SSSR count). The van der Waals surface area contributed by atoms with E-state index in [9.17, 15) is 4.79 Å². The fourth-order valence-electron chi connectivity index (χ4n) is 3.57. The van der Waals surface area contributed by atoms with E-state index in [1.54, 1.807) is 18.6 Å². The zero-order valence-electron chi connectivity index (χ0n) is 14.8. The Bertz CT molecular complexity index is 989. The summed E-state index contributed by atoms with van der Waals surface area (Å²) in [5.41, 5.74) is 1.51. The molecule has 1 saturated heterocycles. The van der Waals surface area contributed by atoms with E-state index in [-0.39, 0.29) is 11.9 Å². The Kier molecular flexibility index (Phi) is 4.93. The fourth-order valence-corrected chi connectivity index (χ4v) is 3.93. The Morgan fingerprint density at radius 1 is 1.37 bits per heavy atom. The molecule has 0 spiro atoms. The van der Waals surface area contributed by atoms with Crippen molar-refractivity contribution in [1.29, 1.82) is 0 Å². The summed E-state index contributed by atoms with van der Waals surface area (Å²) in [4.78, 5) is 23.5. The molecule has 1 aliphatic rings. The molecule has 1 aliphatic heterocycles. The van der Waals surface area contributed by atoms with Crippen LogP contribution in [0.2, 0.25) is 10.0 Å². The summed E-state index contributed by atoms with van der Waals surface area (Å²) in [6.07, 6.45) is 7.05. The van der Waals surface area contributed by atoms with Crippen LogP contribution in [0.3, 0.4) is 0 Å². The number of hydrogen-bond acceptors (Lipinski definition) is 4. The maximum atomic E-state index is 12.5. The number of hydrogen-bond donors (Lipinski definition) is 1. The van der Waals surface area contributed by atoms with Crippen molar-refractivity contribution >= 4 is 45.8 Å². The van der Waals surface area contributed by atoms with Gasteiger partial charge in [-0.05, 0) is 31.9 Å². The first-order valence-electron chi connectivity index (χ1n) is 8.91. The van der Waals surface area contributed by atoms with Crippen molar-refractivity contribution in [3.63, 3.8) is 0 Å². The summed E-state index contributed by atoms with van der Waals surface area (Å²) in [5.74, 6) is 0.738. The molecular formula is C19H19Cl2N5O. The Morgan fingerprint density at radius 2 is 2.22 bits per heavy atom. The number of nitrogens with zero attached hydrogens (tertiary/aromatic N) is 4. The Morgan fingerprint density at radius 3 is 2.96 bits per heavy atom. The largest absolute Gasteiger partial charge is 0.355 e. The van der Waals surface area contributed by atoms with E-state index >= 15 is 0 Å². The number of halogens is 2. The molecule has 0 saturated carbocycles. The van der Waals surface area contributed by atoms with Gasteiger partial charge in [-0.25, -0.2) is 9.97 Å². The van der Waals surface area contributed by atoms with E-state index in [0.29, 0.717) is 27.9 Å². The second kappa shape index (κ2) is 7.37. The summed E-state index contributed by atoms with van der Waals surface area (Å²) < 4.78 is 1.91. The minimum atomic E-state index is -0.233. The lowest BCUT2D eigenvalue weighted by Crippen LogP contribution is -2.43. The van der Waals surface area contributed by atoms with Crippen LogP contribution in [0.4, 0.5) is 5.82 Å². The smallest absolute Gasteiger partial charge is 0.242 e. The lowest BCUT2D eigenvalue weighted by molar-refractivity contribution is -0.122. The van der Waals surface area contributed by atoms with E-state index in [1.165, 1.54) is 0 Å². The number of aromatic nitrogens is 3. The normalized spacial score (nSPS) is 16.9. The molecule has 8 heteroatoms. The van der Waals surface area contributed by atoms with Gasteiger partial charge in [0.2, 0.25) is 5.91 Å². The highest BCUT2D eigenvalue weighted by molar-refractivity contribution is 6.45. The molecule has 1 amide bonds. The van der Waals surface area contributed by atoms with Crippen LogP contribution in [-0.4, -0.2) is 39.6 Å². The van der Waals surface area contributed by atoms with E-state index in [1.807, 2.05) is 34.7 Å². The van der Waals surface area contributed by atoms with Gasteiger partial charge in [0.25, 0.3) is 0 Å². The summed E-state index contributed by atoms with van der Waals surface area (Å²) in [6, 6.07) is 5.41. The van der Waals surface area contributed by atoms with Gasteiger partial charge in [0, 0.05) is 36.9 Å². The molecule has 3 heterocycles. The number of likely N-dealkylation sites (N-methyl/N-ethyl adjacent to an activating group) is 1. The first-order valence-corrected chi connectivity index (χ1v) is 9.67. The zero-order chi connectivity index (χ0) is 19.0. The number of imidazole rings is 1. The minimum Gasteiger partial charge on any atom is -0.355 e. The summed E-state index contributed by atoms with van der Waals surface area (Å²) in [5, 5.41) is 4.65. The number of anilines is 1. The molecular weight excluding hydrogens is 385 g/mol. The first kappa shape index (κ1) is 18.1. The molecule has 0 aliphatic carbocycles. The number of benzene rings is 1. The van der Waals surface area contributed by atoms with Crippen molar-refractivity contribution in [2.45, 2.75) is 25.8 Å². The average molecular weight is 404 g/mol. The lowest BCUT2D eigenvalue weighted by Gasteiger charge is -2.26. The molecule has 140 valence electrons. The second-order valence-corrected chi connectivity index (χ2v) is 7.26. The molecule has 3 aromatic rings. The monoisotopic (exact) mass is 403 g/mol. The Labute approximate surface area is 167 Å². The summed E-state index contributed by atoms with van der Waals surface area (Å²) >= 11 is 12.7. The Balaban J connectivity index is 1.88. The van der Waals surface area contributed by atoms with E-state index < -0.39 is 0 Å². The fraction of sp³-hybridized carbons (Fsp3) is 0.316. The van der Waals surface area contributed by atoms with Crippen molar-refractivity contribution in [2.24, 2.45) is 0 Å². The van der Waals surface area contributed by atoms with Crippen molar-refractivity contribution in [3.05, 3.63) is 47.0 Å². The van der Waals surface area contributed by atoms with Gasteiger partial charge < -0.3 is 14.8 Å². The topological polar surface area (TPSA) is 63.1 Å². The minimum absolute atomic E-state index is 0.0262. The number of nitrogens with one attached hydrogen (secondary N) is 1. The highest BCUT2D eigenvalue weighted by Gasteiger charge is 2.32. The first-order chi connectivity index (χ1) is 13.1. The van der Waals surface area contributed by atoms with E-state index in [4.69, 9.17) is 28.2 Å². The van der Waals surface area contributed by atoms with Crippen LogP contribution < -0.4 is 10.2 Å². The summed E-state index contributed by atoms with van der Waals surface area (Å²) in [7, 11) is 0. The number of pyridine rings is 1. The van der Waals surface area contributed by atoms with Crippen LogP contribution in [0.15, 0.2) is 36.9 Å². The average Bonchev–Trinajstić information content (AvgIpc) is 3.36. The quantitative estimate of drug-likeness (QED) is 0.718. The predicted octanol–water partition coefficient (Wildman–Crippen LogP) is 3.83. The van der Waals surface area contributed by atoms with Gasteiger partial charge in [-0.15, -0.1) is 0 Å². The van der Waals surface area contributed by atoms with Gasteiger partial charge in [0.05, 0.1) is 27.6 Å². The SMILES string of the molecule is CCNC(=O)[C@@H]1CCCN1c1cc(-n2ccnc2)c2ccc(Cl)c(Cl)c2n1. The third-order valence-electron chi connectivity index (χ3n) is 4.82. The molecule has 0 unspecified atom stereocenters. The van der Waals surface area contributed by atoms with Gasteiger partial charge in [-0.2, -0.15) is 0 Å². The highest BCUT2D eigenvalue weighted by Crippen LogP contribution is 2.36. The van der Waals surface area contributed by atoms with Gasteiger partial charge >= 0.3 is 0 Å². The van der Waals surface area contributed by atoms with Crippen LogP contribution in [-0.2, 0) is 4.79 Å². The maximum absolute atomic E-state index is 12.5. The highest BCUT2D eigenvalue weighted by atomic mass is 35.5. The van der Waals surface area contributed by atoms with Crippen molar-refractivity contribution in [2.75, 3.05) is 18.0 Å². The van der Waals surface area contributed by atoms with Gasteiger partial charge in [0.1, 0.15) is 11.9 Å². The van der Waals surface area contributed by atoms with Crippen LogP contribution in [0.1, 0.15) is 19.8 Å². The number of rotatable bonds is 4. The van der Waals surface area contributed by atoms with Gasteiger partial charge in [0.15, 0.2) is 0 Å². The molecule has 1 N–H and O–H groups in total. The molecule has 27 heavy (non-hydrogen) atoms. The standard InChI is InChI=1S/C19H19Cl2N5O/c1-2-23-19(27)14-4-3-8-26(14)16-10-15(25-9-7-22-11-25)12-5-6-13(20)17(21)18(12)24-16/h5-7,9-11,14H,2-4,8H2,1H3,(H,23,27)/t14-/m0/s1. The third-order valence-corrected chi connectivity index (χ3v) is 5.61. The Hall–Kier alpha value is -2.31. The van der Waals surface area contributed by atoms with Crippen molar-refractivity contribution in [3.8, 4) is 5.69 Å². The number of fused-ring (bicyclic) bond motifs is 1. The van der Waals surface area contributed by atoms with Crippen LogP contribution in [0.25, 0.3) is 16.6 Å². The molecule has 1 fully saturated rings. The molecule has 2 aromatic heterocycles. The molecule has 0 radical (unpaired) electrons. The number of amides is 1. The van der Waals surface area contributed by atoms with Crippen molar-refractivity contribution < 1.29 is 4.79 Å². The van der Waals surface area contributed by atoms with Gasteiger partial charge in [-0.1, -0.05) is 23.2 Å². The summed E-state index contributed by atoms with van der Waals surface area (Å²) in [6.45, 7) is 3.29. The van der Waals surface area contributed by atoms with Gasteiger partial charge in [-0.3, -0.25) is 4.79 Å². The zero-order valence-corrected chi connectivity index (χ0v) is 16.3. The number of carbonyl (C=O) groups is 1. The lowest BCUT2D eigenvalue weighted by atomic mass is 10.1. The van der Waals surface area contributed by atoms with Crippen molar-refractivity contribution in [1.82, 2.24) is 19.9 Å². The molecule has 1 aromatic carbocycles. The van der Waals surface area contributed by atoms with Crippen LogP contribution >= 0.6 is 23.2 Å². The molecule has 6 nitrogen and oxygen atoms in total. The van der Waals surface area contributed by atoms with Crippen LogP contribution in [0.5, 0.6) is 0 Å². The van der Waals surface area contributed by atoms with Crippen LogP contribution in [0, 0.1) is 0 Å². The van der Waals surface area contributed by atoms with E-state index in [2.05, 4.69) is 10.3 Å². The van der Waals surface area contributed by atoms with E-state index in [0.717, 1.165) is 30.5 Å². The maximum Gasteiger partial charge on any atom is 0.242 e. The number of carbonyl (C=O) groups excluding carboxylic acids is 1. The third kappa shape index (κ3) is 3.24.